The SMILES string of the molecule is COc1cc(/C=N/N=C2\NC(=O)[C@H](CC(=O)Nc3ccccc3)S2)ccc1O. The van der Waals surface area contributed by atoms with Gasteiger partial charge in [0.25, 0.3) is 0 Å². The van der Waals surface area contributed by atoms with Crippen LogP contribution in [0, 0.1) is 0 Å². The quantitative estimate of drug-likeness (QED) is 0.511. The van der Waals surface area contributed by atoms with E-state index in [0.29, 0.717) is 22.2 Å². The molecule has 3 rings (SSSR count). The molecule has 2 aromatic carbocycles. The maximum atomic E-state index is 12.1. The molecule has 2 aromatic rings. The smallest absolute Gasteiger partial charge is 0.240 e. The van der Waals surface area contributed by atoms with Crippen molar-refractivity contribution in [2.24, 2.45) is 10.2 Å². The van der Waals surface area contributed by atoms with Crippen molar-refractivity contribution >= 4 is 40.6 Å². The molecule has 0 unspecified atom stereocenters. The topological polar surface area (TPSA) is 112 Å². The molecule has 1 heterocycles. The van der Waals surface area contributed by atoms with E-state index < -0.39 is 5.25 Å². The predicted octanol–water partition coefficient (Wildman–Crippen LogP) is 2.35. The maximum Gasteiger partial charge on any atom is 0.240 e. The van der Waals surface area contributed by atoms with E-state index in [-0.39, 0.29) is 24.0 Å². The van der Waals surface area contributed by atoms with E-state index in [2.05, 4.69) is 20.8 Å². The first-order valence-electron chi connectivity index (χ1n) is 8.35. The molecule has 9 heteroatoms. The normalized spacial score (nSPS) is 17.7. The molecule has 0 aromatic heterocycles. The first-order chi connectivity index (χ1) is 13.5. The van der Waals surface area contributed by atoms with E-state index in [1.807, 2.05) is 18.2 Å². The monoisotopic (exact) mass is 398 g/mol. The lowest BCUT2D eigenvalue weighted by Gasteiger charge is -2.06. The zero-order chi connectivity index (χ0) is 19.9. The molecular weight excluding hydrogens is 380 g/mol. The summed E-state index contributed by atoms with van der Waals surface area (Å²) in [6.45, 7) is 0. The van der Waals surface area contributed by atoms with Gasteiger partial charge in [0.2, 0.25) is 11.8 Å². The third-order valence-electron chi connectivity index (χ3n) is 3.76. The van der Waals surface area contributed by atoms with E-state index in [1.165, 1.54) is 19.4 Å². The number of hydrogen-bond donors (Lipinski definition) is 3. The van der Waals surface area contributed by atoms with Crippen molar-refractivity contribution in [2.75, 3.05) is 12.4 Å². The van der Waals surface area contributed by atoms with Gasteiger partial charge in [-0.25, -0.2) is 0 Å². The van der Waals surface area contributed by atoms with E-state index in [9.17, 15) is 14.7 Å². The van der Waals surface area contributed by atoms with Gasteiger partial charge >= 0.3 is 0 Å². The van der Waals surface area contributed by atoms with Crippen molar-refractivity contribution in [2.45, 2.75) is 11.7 Å². The third-order valence-corrected chi connectivity index (χ3v) is 4.84. The van der Waals surface area contributed by atoms with Gasteiger partial charge in [-0.3, -0.25) is 9.59 Å². The van der Waals surface area contributed by atoms with Gasteiger partial charge in [0, 0.05) is 12.1 Å². The number of benzene rings is 2. The number of nitrogens with zero attached hydrogens (tertiary/aromatic N) is 2. The number of anilines is 1. The van der Waals surface area contributed by atoms with Crippen LogP contribution in [0.5, 0.6) is 11.5 Å². The Hall–Kier alpha value is -3.33. The van der Waals surface area contributed by atoms with E-state index >= 15 is 0 Å². The van der Waals surface area contributed by atoms with Crippen LogP contribution in [0.2, 0.25) is 0 Å². The van der Waals surface area contributed by atoms with Crippen molar-refractivity contribution in [1.29, 1.82) is 0 Å². The lowest BCUT2D eigenvalue weighted by Crippen LogP contribution is -2.28. The number of para-hydroxylation sites is 1. The number of thioether (sulfide) groups is 1. The number of ether oxygens (including phenoxy) is 1. The predicted molar refractivity (Wildman–Crippen MR) is 109 cm³/mol. The van der Waals surface area contributed by atoms with Crippen LogP contribution in [0.4, 0.5) is 5.69 Å². The van der Waals surface area contributed by atoms with Gasteiger partial charge in [-0.1, -0.05) is 30.0 Å². The Morgan fingerprint density at radius 3 is 2.86 bits per heavy atom. The summed E-state index contributed by atoms with van der Waals surface area (Å²) in [6.07, 6.45) is 1.50. The first kappa shape index (κ1) is 19.4. The lowest BCUT2D eigenvalue weighted by atomic mass is 10.2. The van der Waals surface area contributed by atoms with Gasteiger partial charge in [-0.15, -0.1) is 5.10 Å². The summed E-state index contributed by atoms with van der Waals surface area (Å²) >= 11 is 1.15. The summed E-state index contributed by atoms with van der Waals surface area (Å²) < 4.78 is 5.03. The molecule has 1 aliphatic rings. The Balaban J connectivity index is 1.57. The van der Waals surface area contributed by atoms with Crippen LogP contribution in [-0.2, 0) is 9.59 Å². The van der Waals surface area contributed by atoms with E-state index in [4.69, 9.17) is 4.74 Å². The number of aromatic hydroxyl groups is 1. The first-order valence-corrected chi connectivity index (χ1v) is 9.23. The number of methoxy groups -OCH3 is 1. The van der Waals surface area contributed by atoms with Gasteiger partial charge in [0.05, 0.1) is 13.3 Å². The Bertz CT molecular complexity index is 931. The molecule has 8 nitrogen and oxygen atoms in total. The van der Waals surface area contributed by atoms with Crippen LogP contribution in [0.25, 0.3) is 0 Å². The van der Waals surface area contributed by atoms with Crippen LogP contribution >= 0.6 is 11.8 Å². The van der Waals surface area contributed by atoms with Crippen molar-refractivity contribution < 1.29 is 19.4 Å². The standard InChI is InChI=1S/C19H18N4O4S/c1-27-15-9-12(7-8-14(15)24)11-20-23-19-22-18(26)16(28-19)10-17(25)21-13-5-3-2-4-6-13/h2-9,11,16,24H,10H2,1H3,(H,21,25)(H,22,23,26)/b20-11+/t16-/m0/s1. The van der Waals surface area contributed by atoms with Gasteiger partial charge in [-0.05, 0) is 35.9 Å². The molecule has 1 aliphatic heterocycles. The number of amides is 2. The second-order valence-electron chi connectivity index (χ2n) is 5.80. The largest absolute Gasteiger partial charge is 0.504 e. The van der Waals surface area contributed by atoms with Crippen molar-refractivity contribution in [3.63, 3.8) is 0 Å². The molecule has 0 radical (unpaired) electrons. The van der Waals surface area contributed by atoms with E-state index in [0.717, 1.165) is 11.8 Å². The molecule has 1 atom stereocenters. The third kappa shape index (κ3) is 5.10. The highest BCUT2D eigenvalue weighted by Crippen LogP contribution is 2.26. The number of carbonyl (C=O) groups is 2. The zero-order valence-corrected chi connectivity index (χ0v) is 15.8. The highest BCUT2D eigenvalue weighted by Gasteiger charge is 2.32. The summed E-state index contributed by atoms with van der Waals surface area (Å²) in [7, 11) is 1.45. The maximum absolute atomic E-state index is 12.1. The minimum absolute atomic E-state index is 0.0289. The zero-order valence-electron chi connectivity index (χ0n) is 15.0. The summed E-state index contributed by atoms with van der Waals surface area (Å²) in [5, 5.41) is 22.6. The summed E-state index contributed by atoms with van der Waals surface area (Å²) in [5.41, 5.74) is 1.35. The molecule has 1 saturated heterocycles. The highest BCUT2D eigenvalue weighted by molar-refractivity contribution is 8.15. The van der Waals surface area contributed by atoms with Crippen molar-refractivity contribution in [3.05, 3.63) is 54.1 Å². The van der Waals surface area contributed by atoms with Gasteiger partial charge in [-0.2, -0.15) is 5.10 Å². The Morgan fingerprint density at radius 1 is 1.32 bits per heavy atom. The molecule has 1 fully saturated rings. The van der Waals surface area contributed by atoms with Gasteiger partial charge in [0.1, 0.15) is 5.25 Å². The fraction of sp³-hybridized carbons (Fsp3) is 0.158. The minimum Gasteiger partial charge on any atom is -0.504 e. The molecule has 0 bridgehead atoms. The van der Waals surface area contributed by atoms with Crippen LogP contribution < -0.4 is 15.4 Å². The number of hydrogen-bond acceptors (Lipinski definition) is 7. The Labute approximate surface area is 165 Å². The summed E-state index contributed by atoms with van der Waals surface area (Å²) in [5.74, 6) is -0.181. The van der Waals surface area contributed by atoms with Crippen molar-refractivity contribution in [3.8, 4) is 11.5 Å². The lowest BCUT2D eigenvalue weighted by molar-refractivity contribution is -0.122. The summed E-state index contributed by atoms with van der Waals surface area (Å²) in [6, 6.07) is 13.8. The number of phenols is 1. The highest BCUT2D eigenvalue weighted by atomic mass is 32.2. The Kier molecular flexibility index (Phi) is 6.28. The Morgan fingerprint density at radius 2 is 2.11 bits per heavy atom. The fourth-order valence-electron chi connectivity index (χ4n) is 2.41. The molecule has 144 valence electrons. The number of rotatable bonds is 6. The van der Waals surface area contributed by atoms with Crippen LogP contribution in [0.15, 0.2) is 58.7 Å². The molecule has 28 heavy (non-hydrogen) atoms. The number of nitrogens with one attached hydrogen (secondary N) is 2. The van der Waals surface area contributed by atoms with Gasteiger partial charge < -0.3 is 20.5 Å². The second-order valence-corrected chi connectivity index (χ2v) is 6.99. The van der Waals surface area contributed by atoms with Gasteiger partial charge in [0.15, 0.2) is 16.7 Å². The van der Waals surface area contributed by atoms with Crippen LogP contribution in [0.3, 0.4) is 0 Å². The fourth-order valence-corrected chi connectivity index (χ4v) is 3.33. The van der Waals surface area contributed by atoms with Crippen LogP contribution in [0.1, 0.15) is 12.0 Å². The summed E-state index contributed by atoms with van der Waals surface area (Å²) in [4.78, 5) is 24.1. The number of phenolic OH excluding ortho intramolecular Hbond substituents is 1. The molecule has 2 amide bonds. The molecule has 0 saturated carbocycles. The number of carbonyl (C=O) groups excluding carboxylic acids is 2. The second kappa shape index (κ2) is 9.05. The molecular formula is C19H18N4O4S. The van der Waals surface area contributed by atoms with E-state index in [1.54, 1.807) is 24.3 Å². The average Bonchev–Trinajstić information content (AvgIpc) is 3.03. The molecule has 3 N–H and O–H groups in total. The molecule has 0 aliphatic carbocycles. The van der Waals surface area contributed by atoms with Crippen molar-refractivity contribution in [1.82, 2.24) is 5.32 Å². The minimum atomic E-state index is -0.563. The molecule has 0 spiro atoms. The number of amidine groups is 1. The average molecular weight is 398 g/mol. The van der Waals surface area contributed by atoms with Crippen LogP contribution in [-0.4, -0.2) is 40.7 Å².